The predicted octanol–water partition coefficient (Wildman–Crippen LogP) is 4.70. The van der Waals surface area contributed by atoms with Crippen molar-refractivity contribution in [3.8, 4) is 5.75 Å². The van der Waals surface area contributed by atoms with Gasteiger partial charge in [-0.1, -0.05) is 43.3 Å². The number of rotatable bonds is 6. The first-order valence-corrected chi connectivity index (χ1v) is 12.1. The number of aryl methyl sites for hydroxylation is 1. The molecule has 6 nitrogen and oxygen atoms in total. The lowest BCUT2D eigenvalue weighted by Gasteiger charge is -2.50. The van der Waals surface area contributed by atoms with Crippen molar-refractivity contribution < 1.29 is 29.3 Å². The predicted molar refractivity (Wildman–Crippen MR) is 124 cm³/mol. The molecule has 0 bridgehead atoms. The highest BCUT2D eigenvalue weighted by Gasteiger charge is 2.62. The Hall–Kier alpha value is -3.15. The van der Waals surface area contributed by atoms with Gasteiger partial charge >= 0.3 is 11.9 Å². The minimum Gasteiger partial charge on any atom is -0.489 e. The van der Waals surface area contributed by atoms with Crippen LogP contribution >= 0.6 is 0 Å². The molecular weight excluding hydrogens is 432 g/mol. The number of carboxylic acid groups (broad SMARTS) is 2. The first-order chi connectivity index (χ1) is 16.3. The minimum absolute atomic E-state index is 0.0314. The average molecular weight is 463 g/mol. The van der Waals surface area contributed by atoms with Crippen molar-refractivity contribution in [2.75, 3.05) is 0 Å². The molecule has 2 saturated carbocycles. The maximum atomic E-state index is 13.0. The molecule has 6 heteroatoms. The zero-order valence-corrected chi connectivity index (χ0v) is 19.3. The van der Waals surface area contributed by atoms with Crippen LogP contribution in [0.25, 0.3) is 0 Å². The van der Waals surface area contributed by atoms with E-state index in [0.29, 0.717) is 13.0 Å². The van der Waals surface area contributed by atoms with Gasteiger partial charge in [-0.3, -0.25) is 14.4 Å². The van der Waals surface area contributed by atoms with Crippen LogP contribution in [0.4, 0.5) is 0 Å². The third kappa shape index (κ3) is 3.69. The van der Waals surface area contributed by atoms with Gasteiger partial charge in [-0.2, -0.15) is 0 Å². The molecule has 0 saturated heterocycles. The van der Waals surface area contributed by atoms with E-state index in [2.05, 4.69) is 12.1 Å². The van der Waals surface area contributed by atoms with E-state index in [1.54, 1.807) is 0 Å². The number of fused-ring (bicyclic) bond motifs is 5. The van der Waals surface area contributed by atoms with Crippen LogP contribution < -0.4 is 4.74 Å². The summed E-state index contributed by atoms with van der Waals surface area (Å²) in [5.41, 5.74) is 2.95. The number of benzene rings is 2. The van der Waals surface area contributed by atoms with Gasteiger partial charge < -0.3 is 14.9 Å². The zero-order chi connectivity index (χ0) is 24.0. The van der Waals surface area contributed by atoms with Gasteiger partial charge in [0.15, 0.2) is 5.92 Å². The molecule has 34 heavy (non-hydrogen) atoms. The topological polar surface area (TPSA) is 101 Å². The molecule has 0 radical (unpaired) electrons. The molecule has 0 amide bonds. The first kappa shape index (κ1) is 22.6. The summed E-state index contributed by atoms with van der Waals surface area (Å²) in [6.45, 7) is 2.44. The summed E-state index contributed by atoms with van der Waals surface area (Å²) in [4.78, 5) is 36.8. The highest BCUT2D eigenvalue weighted by molar-refractivity contribution is 5.96. The fourth-order valence-electron chi connectivity index (χ4n) is 7.13. The lowest BCUT2D eigenvalue weighted by atomic mass is 9.53. The van der Waals surface area contributed by atoms with Gasteiger partial charge in [0, 0.05) is 11.8 Å². The summed E-state index contributed by atoms with van der Waals surface area (Å²) >= 11 is 0. The second-order valence-electron chi connectivity index (χ2n) is 10.4. The number of ketones is 1. The lowest BCUT2D eigenvalue weighted by Crippen LogP contribution is -2.47. The minimum atomic E-state index is -1.54. The second kappa shape index (κ2) is 8.57. The van der Waals surface area contributed by atoms with Crippen LogP contribution in [0.1, 0.15) is 55.2 Å². The molecular formula is C28H30O6. The van der Waals surface area contributed by atoms with Crippen molar-refractivity contribution in [2.45, 2.75) is 51.6 Å². The van der Waals surface area contributed by atoms with E-state index in [-0.39, 0.29) is 30.0 Å². The van der Waals surface area contributed by atoms with Crippen LogP contribution in [-0.2, 0) is 27.4 Å². The molecule has 0 spiro atoms. The van der Waals surface area contributed by atoms with E-state index in [9.17, 15) is 24.6 Å². The van der Waals surface area contributed by atoms with E-state index in [4.69, 9.17) is 4.74 Å². The molecule has 3 aliphatic carbocycles. The third-order valence-corrected chi connectivity index (χ3v) is 8.68. The quantitative estimate of drug-likeness (QED) is 0.604. The van der Waals surface area contributed by atoms with Gasteiger partial charge in [0.1, 0.15) is 18.1 Å². The fourth-order valence-corrected chi connectivity index (χ4v) is 7.13. The van der Waals surface area contributed by atoms with Gasteiger partial charge in [0.2, 0.25) is 0 Å². The van der Waals surface area contributed by atoms with Crippen molar-refractivity contribution in [1.82, 2.24) is 0 Å². The van der Waals surface area contributed by atoms with E-state index in [0.717, 1.165) is 30.6 Å². The Balaban J connectivity index is 1.41. The summed E-state index contributed by atoms with van der Waals surface area (Å²) in [7, 11) is 0. The third-order valence-electron chi connectivity index (χ3n) is 8.68. The van der Waals surface area contributed by atoms with Crippen molar-refractivity contribution in [3.05, 3.63) is 65.2 Å². The summed E-state index contributed by atoms with van der Waals surface area (Å²) in [6.07, 6.45) is 3.23. The number of carbonyl (C=O) groups excluding carboxylic acids is 1. The Morgan fingerprint density at radius 3 is 2.53 bits per heavy atom. The van der Waals surface area contributed by atoms with E-state index >= 15 is 0 Å². The summed E-state index contributed by atoms with van der Waals surface area (Å²) in [5, 5.41) is 19.4. The Kier molecular flexibility index (Phi) is 5.70. The molecule has 2 N–H and O–H groups in total. The first-order valence-electron chi connectivity index (χ1n) is 12.1. The molecule has 0 aromatic heterocycles. The van der Waals surface area contributed by atoms with E-state index < -0.39 is 29.2 Å². The summed E-state index contributed by atoms with van der Waals surface area (Å²) < 4.78 is 6.02. The molecule has 2 aromatic carbocycles. The highest BCUT2D eigenvalue weighted by Crippen LogP contribution is 2.62. The van der Waals surface area contributed by atoms with Crippen LogP contribution in [0, 0.1) is 29.1 Å². The average Bonchev–Trinajstić information content (AvgIpc) is 3.07. The molecule has 0 aliphatic heterocycles. The molecule has 2 fully saturated rings. The SMILES string of the molecule is C[C@]12CC[C@@H]3c4ccc(OCc5ccccc5)cc4CC[C@H]3[C@@H]1[C@@H](C(C(=O)O)C(=O)O)CC2=O. The lowest BCUT2D eigenvalue weighted by molar-refractivity contribution is -0.159. The Morgan fingerprint density at radius 2 is 1.82 bits per heavy atom. The molecule has 3 aliphatic rings. The van der Waals surface area contributed by atoms with Crippen molar-refractivity contribution in [3.63, 3.8) is 0 Å². The zero-order valence-electron chi connectivity index (χ0n) is 19.3. The number of hydrogen-bond donors (Lipinski definition) is 2. The van der Waals surface area contributed by atoms with Crippen LogP contribution in [0.2, 0.25) is 0 Å². The van der Waals surface area contributed by atoms with Gasteiger partial charge in [-0.15, -0.1) is 0 Å². The standard InChI is InChI=1S/C28H30O6/c1-28-12-11-20-19-10-8-18(34-15-16-5-3-2-4-6-16)13-17(19)7-9-21(20)25(28)22(14-23(28)29)24(26(30)31)27(32)33/h2-6,8,10,13,20-22,24-25H,7,9,11-12,14-15H2,1H3,(H,30,31)(H,32,33)/t20-,21-,22-,25-,28-/m1/s1. The summed E-state index contributed by atoms with van der Waals surface area (Å²) in [6, 6.07) is 16.2. The van der Waals surface area contributed by atoms with Gasteiger partial charge in [-0.05, 0) is 78.2 Å². The van der Waals surface area contributed by atoms with E-state index in [1.165, 1.54) is 11.1 Å². The number of carbonyl (C=O) groups is 3. The molecule has 5 rings (SSSR count). The molecule has 0 unspecified atom stereocenters. The maximum Gasteiger partial charge on any atom is 0.318 e. The molecule has 2 aromatic rings. The Morgan fingerprint density at radius 1 is 1.09 bits per heavy atom. The van der Waals surface area contributed by atoms with Gasteiger partial charge in [-0.25, -0.2) is 0 Å². The second-order valence-corrected chi connectivity index (χ2v) is 10.4. The van der Waals surface area contributed by atoms with E-state index in [1.807, 2.05) is 43.3 Å². The Bertz CT molecular complexity index is 1110. The van der Waals surface area contributed by atoms with Crippen LogP contribution in [0.5, 0.6) is 5.75 Å². The maximum absolute atomic E-state index is 13.0. The molecule has 178 valence electrons. The number of carboxylic acids is 2. The van der Waals surface area contributed by atoms with Crippen molar-refractivity contribution in [1.29, 1.82) is 0 Å². The molecule has 0 heterocycles. The van der Waals surface area contributed by atoms with Gasteiger partial charge in [0.25, 0.3) is 0 Å². The van der Waals surface area contributed by atoms with Crippen LogP contribution in [0.15, 0.2) is 48.5 Å². The number of Topliss-reactive ketones (excluding diaryl/α,β-unsaturated/α-hetero) is 1. The monoisotopic (exact) mass is 462 g/mol. The number of hydrogen-bond acceptors (Lipinski definition) is 4. The largest absolute Gasteiger partial charge is 0.489 e. The van der Waals surface area contributed by atoms with Crippen molar-refractivity contribution in [2.24, 2.45) is 29.1 Å². The van der Waals surface area contributed by atoms with Crippen LogP contribution in [-0.4, -0.2) is 27.9 Å². The van der Waals surface area contributed by atoms with Crippen LogP contribution in [0.3, 0.4) is 0 Å². The highest BCUT2D eigenvalue weighted by atomic mass is 16.5. The number of ether oxygens (including phenoxy) is 1. The fraction of sp³-hybridized carbons (Fsp3) is 0.464. The molecule has 5 atom stereocenters. The van der Waals surface area contributed by atoms with Gasteiger partial charge in [0.05, 0.1) is 0 Å². The Labute approximate surface area is 198 Å². The summed E-state index contributed by atoms with van der Waals surface area (Å²) in [5.74, 6) is -3.92. The smallest absolute Gasteiger partial charge is 0.318 e. The number of aliphatic carboxylic acids is 2. The normalized spacial score (nSPS) is 29.8. The van der Waals surface area contributed by atoms with Crippen molar-refractivity contribution >= 4 is 17.7 Å².